The minimum Gasteiger partial charge on any atom is -0.306 e. The Hall–Kier alpha value is -1.57. The molecule has 0 fully saturated rings. The van der Waals surface area contributed by atoms with Gasteiger partial charge in [0.2, 0.25) is 0 Å². The lowest BCUT2D eigenvalue weighted by molar-refractivity contribution is 0.675. The number of rotatable bonds is 3. The number of nitrogens with one attached hydrogen (secondary N) is 1. The molecule has 0 amide bonds. The van der Waals surface area contributed by atoms with Crippen molar-refractivity contribution in [3.63, 3.8) is 0 Å². The fraction of sp³-hybridized carbons (Fsp3) is 0.200. The van der Waals surface area contributed by atoms with E-state index in [1.54, 1.807) is 0 Å². The summed E-state index contributed by atoms with van der Waals surface area (Å²) in [5, 5.41) is 3.58. The van der Waals surface area contributed by atoms with Crippen molar-refractivity contribution < 1.29 is 0 Å². The van der Waals surface area contributed by atoms with Crippen LogP contribution >= 0.6 is 7.92 Å². The van der Waals surface area contributed by atoms with Crippen LogP contribution in [0.5, 0.6) is 0 Å². The molecule has 0 saturated heterocycles. The van der Waals surface area contributed by atoms with Crippen LogP contribution in [0.25, 0.3) is 0 Å². The van der Waals surface area contributed by atoms with E-state index in [-0.39, 0.29) is 0 Å². The Labute approximate surface area is 114 Å². The predicted octanol–water partition coefficient (Wildman–Crippen LogP) is 1.78. The van der Waals surface area contributed by atoms with E-state index >= 15 is 0 Å². The van der Waals surface area contributed by atoms with E-state index in [9.17, 15) is 0 Å². The maximum atomic E-state index is 4.56. The second kappa shape index (κ2) is 6.05. The molecule has 0 saturated carbocycles. The normalized spacial score (nSPS) is 18.7. The fourth-order valence-corrected chi connectivity index (χ4v) is 4.59. The Balaban J connectivity index is 1.98. The number of pyridine rings is 2. The average Bonchev–Trinajstić information content (AvgIpc) is 2.51. The SMILES string of the molecule is C1=CCC(P(c2ccccn2)c2ccccn2)NC1. The Kier molecular flexibility index (Phi) is 3.97. The average molecular weight is 269 g/mol. The molecule has 96 valence electrons. The van der Waals surface area contributed by atoms with Crippen molar-refractivity contribution in [3.8, 4) is 0 Å². The minimum atomic E-state index is -0.554. The summed E-state index contributed by atoms with van der Waals surface area (Å²) in [5.74, 6) is 0.421. The van der Waals surface area contributed by atoms with E-state index in [0.29, 0.717) is 5.78 Å². The highest BCUT2D eigenvalue weighted by atomic mass is 31.1. The fourth-order valence-electron chi connectivity index (χ4n) is 2.22. The smallest absolute Gasteiger partial charge is 0.0707 e. The Morgan fingerprint density at radius 1 is 0.947 bits per heavy atom. The van der Waals surface area contributed by atoms with Gasteiger partial charge in [-0.1, -0.05) is 24.3 Å². The Morgan fingerprint density at radius 3 is 2.11 bits per heavy atom. The molecule has 0 spiro atoms. The number of aromatic nitrogens is 2. The highest BCUT2D eigenvalue weighted by Crippen LogP contribution is 2.38. The molecule has 3 rings (SSSR count). The van der Waals surface area contributed by atoms with E-state index in [4.69, 9.17) is 0 Å². The van der Waals surface area contributed by atoms with Crippen molar-refractivity contribution in [2.75, 3.05) is 6.54 Å². The molecule has 0 bridgehead atoms. The molecule has 0 radical (unpaired) electrons. The lowest BCUT2D eigenvalue weighted by Crippen LogP contribution is -2.37. The third-order valence-corrected chi connectivity index (χ3v) is 5.63. The van der Waals surface area contributed by atoms with Crippen LogP contribution in [0.3, 0.4) is 0 Å². The van der Waals surface area contributed by atoms with Crippen LogP contribution in [0.2, 0.25) is 0 Å². The molecule has 0 aliphatic carbocycles. The Bertz CT molecular complexity index is 502. The molecule has 3 nitrogen and oxygen atoms in total. The lowest BCUT2D eigenvalue weighted by atomic mass is 10.3. The van der Waals surface area contributed by atoms with Gasteiger partial charge in [-0.15, -0.1) is 0 Å². The molecule has 1 unspecified atom stereocenters. The molecular weight excluding hydrogens is 253 g/mol. The van der Waals surface area contributed by atoms with Crippen LogP contribution in [-0.2, 0) is 0 Å². The van der Waals surface area contributed by atoms with Gasteiger partial charge in [0.15, 0.2) is 0 Å². The molecule has 4 heteroatoms. The van der Waals surface area contributed by atoms with E-state index in [2.05, 4.69) is 51.7 Å². The summed E-state index contributed by atoms with van der Waals surface area (Å²) >= 11 is 0. The van der Waals surface area contributed by atoms with Gasteiger partial charge in [0.25, 0.3) is 0 Å². The molecule has 1 atom stereocenters. The summed E-state index contributed by atoms with van der Waals surface area (Å²) in [7, 11) is -0.554. The standard InChI is InChI=1S/C15H16N3P/c1-4-10-16-13(7-1)19(14-8-2-5-11-17-14)15-9-3-6-12-18-15/h1-8,10-11,15,18H,9,12H2. The zero-order chi connectivity index (χ0) is 12.9. The topological polar surface area (TPSA) is 37.8 Å². The van der Waals surface area contributed by atoms with Crippen LogP contribution in [-0.4, -0.2) is 22.3 Å². The Morgan fingerprint density at radius 2 is 1.63 bits per heavy atom. The van der Waals surface area contributed by atoms with Gasteiger partial charge in [-0.3, -0.25) is 9.97 Å². The second-order valence-corrected chi connectivity index (χ2v) is 6.66. The summed E-state index contributed by atoms with van der Waals surface area (Å²) in [6, 6.07) is 12.3. The van der Waals surface area contributed by atoms with Crippen LogP contribution in [0.15, 0.2) is 60.9 Å². The van der Waals surface area contributed by atoms with Gasteiger partial charge in [-0.2, -0.15) is 0 Å². The van der Waals surface area contributed by atoms with Crippen LogP contribution in [0, 0.1) is 0 Å². The molecular formula is C15H16N3P. The third kappa shape index (κ3) is 2.89. The molecule has 1 aliphatic heterocycles. The lowest BCUT2D eigenvalue weighted by Gasteiger charge is -2.28. The van der Waals surface area contributed by atoms with Gasteiger partial charge < -0.3 is 5.32 Å². The molecule has 1 N–H and O–H groups in total. The van der Waals surface area contributed by atoms with Crippen molar-refractivity contribution in [2.45, 2.75) is 12.2 Å². The first-order chi connectivity index (χ1) is 9.45. The number of nitrogens with zero attached hydrogens (tertiary/aromatic N) is 2. The molecule has 0 aromatic carbocycles. The number of hydrogen-bond acceptors (Lipinski definition) is 3. The number of hydrogen-bond donors (Lipinski definition) is 1. The van der Waals surface area contributed by atoms with Crippen LogP contribution in [0.4, 0.5) is 0 Å². The summed E-state index contributed by atoms with van der Waals surface area (Å²) in [6.07, 6.45) is 9.21. The van der Waals surface area contributed by atoms with Gasteiger partial charge >= 0.3 is 0 Å². The van der Waals surface area contributed by atoms with Crippen LogP contribution < -0.4 is 16.2 Å². The molecule has 1 aliphatic rings. The monoisotopic (exact) mass is 269 g/mol. The van der Waals surface area contributed by atoms with Gasteiger partial charge in [-0.05, 0) is 30.7 Å². The van der Waals surface area contributed by atoms with E-state index in [0.717, 1.165) is 23.8 Å². The van der Waals surface area contributed by atoms with Crippen molar-refractivity contribution >= 4 is 18.8 Å². The summed E-state index contributed by atoms with van der Waals surface area (Å²) < 4.78 is 0. The van der Waals surface area contributed by atoms with E-state index < -0.39 is 7.92 Å². The van der Waals surface area contributed by atoms with Crippen molar-refractivity contribution in [1.82, 2.24) is 15.3 Å². The first kappa shape index (κ1) is 12.5. The maximum absolute atomic E-state index is 4.56. The molecule has 19 heavy (non-hydrogen) atoms. The summed E-state index contributed by atoms with van der Waals surface area (Å²) in [5.41, 5.74) is 2.29. The van der Waals surface area contributed by atoms with Crippen molar-refractivity contribution in [1.29, 1.82) is 0 Å². The first-order valence-electron chi connectivity index (χ1n) is 6.45. The second-order valence-electron chi connectivity index (χ2n) is 4.38. The summed E-state index contributed by atoms with van der Waals surface area (Å²) in [6.45, 7) is 0.934. The molecule has 3 heterocycles. The van der Waals surface area contributed by atoms with E-state index in [1.807, 2.05) is 24.5 Å². The van der Waals surface area contributed by atoms with Gasteiger partial charge in [0.1, 0.15) is 0 Å². The highest BCUT2D eigenvalue weighted by Gasteiger charge is 2.26. The zero-order valence-corrected chi connectivity index (χ0v) is 11.5. The highest BCUT2D eigenvalue weighted by molar-refractivity contribution is 7.73. The van der Waals surface area contributed by atoms with Crippen molar-refractivity contribution in [2.24, 2.45) is 0 Å². The van der Waals surface area contributed by atoms with Gasteiger partial charge in [0, 0.05) is 32.6 Å². The minimum absolute atomic E-state index is 0.421. The van der Waals surface area contributed by atoms with E-state index in [1.165, 1.54) is 0 Å². The zero-order valence-electron chi connectivity index (χ0n) is 10.6. The molecule has 2 aromatic rings. The third-order valence-electron chi connectivity index (χ3n) is 3.10. The summed E-state index contributed by atoms with van der Waals surface area (Å²) in [4.78, 5) is 9.11. The first-order valence-corrected chi connectivity index (χ1v) is 7.86. The van der Waals surface area contributed by atoms with Crippen molar-refractivity contribution in [3.05, 3.63) is 60.9 Å². The maximum Gasteiger partial charge on any atom is 0.0707 e. The predicted molar refractivity (Wildman–Crippen MR) is 80.2 cm³/mol. The quantitative estimate of drug-likeness (QED) is 0.682. The molecule has 2 aromatic heterocycles. The van der Waals surface area contributed by atoms with Crippen LogP contribution in [0.1, 0.15) is 6.42 Å². The van der Waals surface area contributed by atoms with Gasteiger partial charge in [-0.25, -0.2) is 0 Å². The van der Waals surface area contributed by atoms with Gasteiger partial charge in [0.05, 0.1) is 10.9 Å². The largest absolute Gasteiger partial charge is 0.306 e.